The lowest BCUT2D eigenvalue weighted by Crippen LogP contribution is -2.24. The van der Waals surface area contributed by atoms with Gasteiger partial charge in [0.25, 0.3) is 0 Å². The van der Waals surface area contributed by atoms with Gasteiger partial charge in [-0.2, -0.15) is 0 Å². The first-order valence-corrected chi connectivity index (χ1v) is 6.73. The van der Waals surface area contributed by atoms with Gasteiger partial charge in [-0.05, 0) is 18.1 Å². The standard InChI is InChI=1S/C15H19N3O/c1-19-9-7-12-4-2-3-5-14(12)18-11-17-13-10-16-8-6-15(13)18/h2-5,11,16H,6-10H2,1H3. The number of hydrogen-bond acceptors (Lipinski definition) is 3. The number of methoxy groups -OCH3 is 1. The van der Waals surface area contributed by atoms with Crippen molar-refractivity contribution >= 4 is 0 Å². The number of para-hydroxylation sites is 1. The van der Waals surface area contributed by atoms with E-state index in [1.165, 1.54) is 22.6 Å². The van der Waals surface area contributed by atoms with Gasteiger partial charge in [-0.25, -0.2) is 4.98 Å². The molecule has 2 aromatic rings. The molecule has 0 saturated heterocycles. The van der Waals surface area contributed by atoms with Crippen molar-refractivity contribution in [2.24, 2.45) is 0 Å². The number of hydrogen-bond donors (Lipinski definition) is 1. The Labute approximate surface area is 113 Å². The largest absolute Gasteiger partial charge is 0.384 e. The normalized spacial score (nSPS) is 14.4. The van der Waals surface area contributed by atoms with Gasteiger partial charge in [0.1, 0.15) is 0 Å². The molecule has 1 aromatic carbocycles. The zero-order valence-electron chi connectivity index (χ0n) is 11.2. The van der Waals surface area contributed by atoms with Crippen LogP contribution >= 0.6 is 0 Å². The molecule has 4 nitrogen and oxygen atoms in total. The van der Waals surface area contributed by atoms with Crippen molar-refractivity contribution in [2.45, 2.75) is 19.4 Å². The summed E-state index contributed by atoms with van der Waals surface area (Å²) in [6, 6.07) is 8.50. The van der Waals surface area contributed by atoms with Crippen molar-refractivity contribution < 1.29 is 4.74 Å². The Morgan fingerprint density at radius 2 is 2.26 bits per heavy atom. The van der Waals surface area contributed by atoms with Crippen LogP contribution in [0.15, 0.2) is 30.6 Å². The highest BCUT2D eigenvalue weighted by atomic mass is 16.5. The summed E-state index contributed by atoms with van der Waals surface area (Å²) in [5.41, 5.74) is 5.05. The molecule has 0 aliphatic carbocycles. The maximum Gasteiger partial charge on any atom is 0.0998 e. The molecule has 1 aliphatic heterocycles. The van der Waals surface area contributed by atoms with Crippen LogP contribution in [0.25, 0.3) is 5.69 Å². The van der Waals surface area contributed by atoms with Crippen molar-refractivity contribution in [3.63, 3.8) is 0 Å². The fourth-order valence-electron chi connectivity index (χ4n) is 2.61. The Bertz CT molecular complexity index is 562. The summed E-state index contributed by atoms with van der Waals surface area (Å²) in [6.07, 6.45) is 3.91. The molecule has 0 spiro atoms. The average molecular weight is 257 g/mol. The molecular formula is C15H19N3O. The zero-order valence-corrected chi connectivity index (χ0v) is 11.2. The van der Waals surface area contributed by atoms with Crippen LogP contribution in [0.2, 0.25) is 0 Å². The molecule has 19 heavy (non-hydrogen) atoms. The molecule has 0 amide bonds. The third kappa shape index (κ3) is 2.41. The Hall–Kier alpha value is -1.65. The van der Waals surface area contributed by atoms with E-state index in [2.05, 4.69) is 39.1 Å². The summed E-state index contributed by atoms with van der Waals surface area (Å²) in [5.74, 6) is 0. The fourth-order valence-corrected chi connectivity index (χ4v) is 2.61. The van der Waals surface area contributed by atoms with E-state index < -0.39 is 0 Å². The predicted octanol–water partition coefficient (Wildman–Crippen LogP) is 1.71. The predicted molar refractivity (Wildman–Crippen MR) is 74.6 cm³/mol. The van der Waals surface area contributed by atoms with Gasteiger partial charge in [0.15, 0.2) is 0 Å². The quantitative estimate of drug-likeness (QED) is 0.906. The number of aromatic nitrogens is 2. The van der Waals surface area contributed by atoms with E-state index in [1.807, 2.05) is 6.33 Å². The van der Waals surface area contributed by atoms with Gasteiger partial charge in [0.2, 0.25) is 0 Å². The molecule has 0 fully saturated rings. The number of rotatable bonds is 4. The third-order valence-corrected chi connectivity index (χ3v) is 3.61. The summed E-state index contributed by atoms with van der Waals surface area (Å²) in [5, 5.41) is 3.36. The third-order valence-electron chi connectivity index (χ3n) is 3.61. The van der Waals surface area contributed by atoms with E-state index in [4.69, 9.17) is 4.74 Å². The molecule has 0 radical (unpaired) electrons. The van der Waals surface area contributed by atoms with Crippen LogP contribution < -0.4 is 5.32 Å². The molecule has 100 valence electrons. The molecule has 0 bridgehead atoms. The van der Waals surface area contributed by atoms with E-state index >= 15 is 0 Å². The van der Waals surface area contributed by atoms with Crippen LogP contribution in [0.1, 0.15) is 17.0 Å². The number of ether oxygens (including phenoxy) is 1. The van der Waals surface area contributed by atoms with Crippen LogP contribution in [0.3, 0.4) is 0 Å². The Balaban J connectivity index is 1.99. The molecule has 1 aromatic heterocycles. The van der Waals surface area contributed by atoms with E-state index in [9.17, 15) is 0 Å². The van der Waals surface area contributed by atoms with Gasteiger partial charge in [0.05, 0.1) is 24.3 Å². The van der Waals surface area contributed by atoms with Gasteiger partial charge in [-0.3, -0.25) is 0 Å². The SMILES string of the molecule is COCCc1ccccc1-n1cnc2c1CCNC2. The second-order valence-electron chi connectivity index (χ2n) is 4.81. The molecule has 0 unspecified atom stereocenters. The lowest BCUT2D eigenvalue weighted by atomic mass is 10.1. The minimum absolute atomic E-state index is 0.745. The summed E-state index contributed by atoms with van der Waals surface area (Å²) in [4.78, 5) is 4.52. The molecule has 1 N–H and O–H groups in total. The Morgan fingerprint density at radius 1 is 1.37 bits per heavy atom. The van der Waals surface area contributed by atoms with Gasteiger partial charge in [0, 0.05) is 32.3 Å². The highest BCUT2D eigenvalue weighted by Gasteiger charge is 2.16. The monoisotopic (exact) mass is 257 g/mol. The van der Waals surface area contributed by atoms with Gasteiger partial charge in [-0.1, -0.05) is 18.2 Å². The number of nitrogens with one attached hydrogen (secondary N) is 1. The van der Waals surface area contributed by atoms with Crippen LogP contribution in [-0.2, 0) is 24.1 Å². The second kappa shape index (κ2) is 5.55. The summed E-state index contributed by atoms with van der Waals surface area (Å²) >= 11 is 0. The minimum Gasteiger partial charge on any atom is -0.384 e. The number of imidazole rings is 1. The van der Waals surface area contributed by atoms with Crippen molar-refractivity contribution in [3.8, 4) is 5.69 Å². The Kier molecular flexibility index (Phi) is 3.62. The summed E-state index contributed by atoms with van der Waals surface area (Å²) in [6.45, 7) is 2.65. The van der Waals surface area contributed by atoms with E-state index in [0.717, 1.165) is 32.5 Å². The van der Waals surface area contributed by atoms with E-state index in [1.54, 1.807) is 7.11 Å². The highest BCUT2D eigenvalue weighted by Crippen LogP contribution is 2.21. The average Bonchev–Trinajstić information content (AvgIpc) is 2.89. The first kappa shape index (κ1) is 12.4. The van der Waals surface area contributed by atoms with Crippen LogP contribution in [0, 0.1) is 0 Å². The number of benzene rings is 1. The maximum atomic E-state index is 5.20. The smallest absolute Gasteiger partial charge is 0.0998 e. The molecule has 3 rings (SSSR count). The second-order valence-corrected chi connectivity index (χ2v) is 4.81. The van der Waals surface area contributed by atoms with Crippen LogP contribution in [0.5, 0.6) is 0 Å². The van der Waals surface area contributed by atoms with Gasteiger partial charge >= 0.3 is 0 Å². The molecule has 0 saturated carbocycles. The number of nitrogens with zero attached hydrogens (tertiary/aromatic N) is 2. The van der Waals surface area contributed by atoms with Crippen molar-refractivity contribution in [2.75, 3.05) is 20.3 Å². The lowest BCUT2D eigenvalue weighted by molar-refractivity contribution is 0.202. The topological polar surface area (TPSA) is 39.1 Å². The molecule has 0 atom stereocenters. The van der Waals surface area contributed by atoms with Crippen LogP contribution in [-0.4, -0.2) is 29.8 Å². The summed E-state index contributed by atoms with van der Waals surface area (Å²) in [7, 11) is 1.74. The van der Waals surface area contributed by atoms with E-state index in [0.29, 0.717) is 0 Å². The van der Waals surface area contributed by atoms with Crippen molar-refractivity contribution in [1.82, 2.24) is 14.9 Å². The molecular weight excluding hydrogens is 238 g/mol. The highest BCUT2D eigenvalue weighted by molar-refractivity contribution is 5.43. The fraction of sp³-hybridized carbons (Fsp3) is 0.400. The molecule has 2 heterocycles. The van der Waals surface area contributed by atoms with Gasteiger partial charge in [-0.15, -0.1) is 0 Å². The van der Waals surface area contributed by atoms with E-state index in [-0.39, 0.29) is 0 Å². The van der Waals surface area contributed by atoms with Crippen molar-refractivity contribution in [1.29, 1.82) is 0 Å². The van der Waals surface area contributed by atoms with Crippen LogP contribution in [0.4, 0.5) is 0 Å². The van der Waals surface area contributed by atoms with Gasteiger partial charge < -0.3 is 14.6 Å². The minimum atomic E-state index is 0.745. The number of fused-ring (bicyclic) bond motifs is 1. The maximum absolute atomic E-state index is 5.20. The first-order valence-electron chi connectivity index (χ1n) is 6.73. The first-order chi connectivity index (χ1) is 9.40. The van der Waals surface area contributed by atoms with Crippen molar-refractivity contribution in [3.05, 3.63) is 47.5 Å². The zero-order chi connectivity index (χ0) is 13.1. The summed E-state index contributed by atoms with van der Waals surface area (Å²) < 4.78 is 7.43. The molecule has 1 aliphatic rings. The lowest BCUT2D eigenvalue weighted by Gasteiger charge is -2.17. The molecule has 4 heteroatoms. The Morgan fingerprint density at radius 3 is 3.16 bits per heavy atom.